The quantitative estimate of drug-likeness (QED) is 0.528. The van der Waals surface area contributed by atoms with Gasteiger partial charge in [0.1, 0.15) is 5.82 Å². The minimum atomic E-state index is -0.354. The molecule has 0 atom stereocenters. The number of hydrogen-bond donors (Lipinski definition) is 2. The first kappa shape index (κ1) is 23.6. The van der Waals surface area contributed by atoms with Crippen molar-refractivity contribution in [1.82, 2.24) is 15.5 Å². The average Bonchev–Trinajstić information content (AvgIpc) is 2.88. The van der Waals surface area contributed by atoms with Gasteiger partial charge in [-0.05, 0) is 48.2 Å². The molecule has 1 heterocycles. The van der Waals surface area contributed by atoms with Crippen molar-refractivity contribution in [2.75, 3.05) is 19.6 Å². The molecule has 6 heteroatoms. The van der Waals surface area contributed by atoms with E-state index in [1.54, 1.807) is 0 Å². The molecule has 3 aromatic rings. The minimum Gasteiger partial charge on any atom is -0.349 e. The van der Waals surface area contributed by atoms with Gasteiger partial charge in [0, 0.05) is 37.7 Å². The van der Waals surface area contributed by atoms with E-state index in [0.717, 1.165) is 37.1 Å². The van der Waals surface area contributed by atoms with Gasteiger partial charge >= 0.3 is 0 Å². The van der Waals surface area contributed by atoms with E-state index in [-0.39, 0.29) is 29.7 Å². The van der Waals surface area contributed by atoms with Crippen LogP contribution in [0.3, 0.4) is 0 Å². The summed E-state index contributed by atoms with van der Waals surface area (Å²) in [6.45, 7) is 2.33. The molecule has 34 heavy (non-hydrogen) atoms. The smallest absolute Gasteiger partial charge is 0.251 e. The van der Waals surface area contributed by atoms with Crippen LogP contribution >= 0.6 is 0 Å². The van der Waals surface area contributed by atoms with E-state index in [1.807, 2.05) is 60.7 Å². The lowest BCUT2D eigenvalue weighted by Gasteiger charge is -2.32. The number of piperidine rings is 1. The SMILES string of the molecule is O=C(CCN1CCC(NC(=O)c2ccc(F)cc2)CC1)NC(c1ccccc1)c1ccccc1. The van der Waals surface area contributed by atoms with Crippen LogP contribution in [0.2, 0.25) is 0 Å². The highest BCUT2D eigenvalue weighted by Gasteiger charge is 2.22. The average molecular weight is 460 g/mol. The van der Waals surface area contributed by atoms with E-state index in [0.29, 0.717) is 18.5 Å². The molecule has 0 saturated carbocycles. The monoisotopic (exact) mass is 459 g/mol. The molecule has 1 aliphatic heterocycles. The molecule has 2 N–H and O–H groups in total. The van der Waals surface area contributed by atoms with Crippen LogP contribution in [0.4, 0.5) is 4.39 Å². The molecule has 1 saturated heterocycles. The largest absolute Gasteiger partial charge is 0.349 e. The molecule has 2 amide bonds. The molecule has 0 bridgehead atoms. The molecule has 176 valence electrons. The number of nitrogens with zero attached hydrogens (tertiary/aromatic N) is 1. The van der Waals surface area contributed by atoms with E-state index in [9.17, 15) is 14.0 Å². The van der Waals surface area contributed by atoms with E-state index >= 15 is 0 Å². The third kappa shape index (κ3) is 6.51. The molecule has 4 rings (SSSR count). The molecular weight excluding hydrogens is 429 g/mol. The highest BCUT2D eigenvalue weighted by Crippen LogP contribution is 2.22. The summed E-state index contributed by atoms with van der Waals surface area (Å²) < 4.78 is 13.1. The molecular formula is C28H30FN3O2. The van der Waals surface area contributed by atoms with Crippen LogP contribution in [0.5, 0.6) is 0 Å². The van der Waals surface area contributed by atoms with Gasteiger partial charge in [0.2, 0.25) is 5.91 Å². The molecule has 0 aromatic heterocycles. The van der Waals surface area contributed by atoms with Gasteiger partial charge in [-0.1, -0.05) is 60.7 Å². The molecule has 0 radical (unpaired) electrons. The van der Waals surface area contributed by atoms with Crippen LogP contribution in [0.25, 0.3) is 0 Å². The number of halogens is 1. The highest BCUT2D eigenvalue weighted by molar-refractivity contribution is 5.94. The van der Waals surface area contributed by atoms with Gasteiger partial charge in [-0.15, -0.1) is 0 Å². The number of hydrogen-bond acceptors (Lipinski definition) is 3. The zero-order valence-corrected chi connectivity index (χ0v) is 19.1. The van der Waals surface area contributed by atoms with Crippen molar-refractivity contribution in [2.45, 2.75) is 31.3 Å². The lowest BCUT2D eigenvalue weighted by Crippen LogP contribution is -2.45. The Kier molecular flexibility index (Phi) is 8.04. The lowest BCUT2D eigenvalue weighted by atomic mass is 9.98. The van der Waals surface area contributed by atoms with Gasteiger partial charge in [-0.3, -0.25) is 9.59 Å². The summed E-state index contributed by atoms with van der Waals surface area (Å²) in [6, 6.07) is 25.5. The van der Waals surface area contributed by atoms with Gasteiger partial charge < -0.3 is 15.5 Å². The number of benzene rings is 3. The fourth-order valence-electron chi connectivity index (χ4n) is 4.31. The molecule has 0 unspecified atom stereocenters. The maximum atomic E-state index is 13.1. The maximum Gasteiger partial charge on any atom is 0.251 e. The predicted octanol–water partition coefficient (Wildman–Crippen LogP) is 4.32. The van der Waals surface area contributed by atoms with Crippen LogP contribution in [-0.4, -0.2) is 42.4 Å². The first-order valence-corrected chi connectivity index (χ1v) is 11.8. The Morgan fingerprint density at radius 2 is 1.41 bits per heavy atom. The summed E-state index contributed by atoms with van der Waals surface area (Å²) in [7, 11) is 0. The summed E-state index contributed by atoms with van der Waals surface area (Å²) in [5.74, 6) is -0.511. The number of carbonyl (C=O) groups is 2. The van der Waals surface area contributed by atoms with Crippen LogP contribution in [-0.2, 0) is 4.79 Å². The fourth-order valence-corrected chi connectivity index (χ4v) is 4.31. The number of likely N-dealkylation sites (tertiary alicyclic amines) is 1. The van der Waals surface area contributed by atoms with Crippen molar-refractivity contribution in [3.8, 4) is 0 Å². The molecule has 5 nitrogen and oxygen atoms in total. The third-order valence-electron chi connectivity index (χ3n) is 6.26. The van der Waals surface area contributed by atoms with Crippen LogP contribution in [0.1, 0.15) is 46.8 Å². The highest BCUT2D eigenvalue weighted by atomic mass is 19.1. The second-order valence-corrected chi connectivity index (χ2v) is 8.67. The van der Waals surface area contributed by atoms with E-state index in [4.69, 9.17) is 0 Å². The molecule has 1 aliphatic rings. The van der Waals surface area contributed by atoms with Gasteiger partial charge in [-0.2, -0.15) is 0 Å². The van der Waals surface area contributed by atoms with E-state index < -0.39 is 0 Å². The maximum absolute atomic E-state index is 13.1. The summed E-state index contributed by atoms with van der Waals surface area (Å²) in [6.07, 6.45) is 2.07. The molecule has 0 aliphatic carbocycles. The van der Waals surface area contributed by atoms with Crippen molar-refractivity contribution in [2.24, 2.45) is 0 Å². The zero-order valence-electron chi connectivity index (χ0n) is 19.1. The Bertz CT molecular complexity index is 1030. The van der Waals surface area contributed by atoms with Gasteiger partial charge in [0.15, 0.2) is 0 Å². The third-order valence-corrected chi connectivity index (χ3v) is 6.26. The van der Waals surface area contributed by atoms with E-state index in [2.05, 4.69) is 15.5 Å². The molecule has 0 spiro atoms. The zero-order chi connectivity index (χ0) is 23.8. The summed E-state index contributed by atoms with van der Waals surface area (Å²) >= 11 is 0. The molecule has 1 fully saturated rings. The molecule has 3 aromatic carbocycles. The Morgan fingerprint density at radius 3 is 1.97 bits per heavy atom. The standard InChI is InChI=1S/C28H30FN3O2/c29-24-13-11-23(12-14-24)28(34)30-25-15-18-32(19-16-25)20-17-26(33)31-27(21-7-3-1-4-8-21)22-9-5-2-6-10-22/h1-14,25,27H,15-20H2,(H,30,34)(H,31,33). The topological polar surface area (TPSA) is 61.4 Å². The van der Waals surface area contributed by atoms with Crippen LogP contribution in [0.15, 0.2) is 84.9 Å². The lowest BCUT2D eigenvalue weighted by molar-refractivity contribution is -0.122. The first-order valence-electron chi connectivity index (χ1n) is 11.8. The first-order chi connectivity index (χ1) is 16.6. The summed E-state index contributed by atoms with van der Waals surface area (Å²) in [5.41, 5.74) is 2.58. The minimum absolute atomic E-state index is 0.0180. The second kappa shape index (κ2) is 11.6. The number of nitrogens with one attached hydrogen (secondary N) is 2. The number of rotatable bonds is 8. The van der Waals surface area contributed by atoms with Crippen molar-refractivity contribution >= 4 is 11.8 Å². The number of amides is 2. The Morgan fingerprint density at radius 1 is 0.853 bits per heavy atom. The van der Waals surface area contributed by atoms with Crippen LogP contribution < -0.4 is 10.6 Å². The second-order valence-electron chi connectivity index (χ2n) is 8.67. The fraction of sp³-hybridized carbons (Fsp3) is 0.286. The van der Waals surface area contributed by atoms with Crippen LogP contribution in [0, 0.1) is 5.82 Å². The van der Waals surface area contributed by atoms with E-state index in [1.165, 1.54) is 24.3 Å². The Labute approximate surface area is 200 Å². The summed E-state index contributed by atoms with van der Waals surface area (Å²) in [5, 5.41) is 6.23. The van der Waals surface area contributed by atoms with Gasteiger partial charge in [-0.25, -0.2) is 4.39 Å². The van der Waals surface area contributed by atoms with Crippen molar-refractivity contribution < 1.29 is 14.0 Å². The van der Waals surface area contributed by atoms with Crippen molar-refractivity contribution in [3.05, 3.63) is 107 Å². The number of carbonyl (C=O) groups excluding carboxylic acids is 2. The Hall–Kier alpha value is -3.51. The predicted molar refractivity (Wildman–Crippen MR) is 131 cm³/mol. The summed E-state index contributed by atoms with van der Waals surface area (Å²) in [4.78, 5) is 27.4. The van der Waals surface area contributed by atoms with Crippen molar-refractivity contribution in [1.29, 1.82) is 0 Å². The van der Waals surface area contributed by atoms with Gasteiger partial charge in [0.05, 0.1) is 6.04 Å². The van der Waals surface area contributed by atoms with Crippen molar-refractivity contribution in [3.63, 3.8) is 0 Å². The normalized spacial score (nSPS) is 14.6. The van der Waals surface area contributed by atoms with Gasteiger partial charge in [0.25, 0.3) is 5.91 Å². The Balaban J connectivity index is 1.24.